The van der Waals surface area contributed by atoms with Crippen molar-refractivity contribution in [3.8, 4) is 5.75 Å². The summed E-state index contributed by atoms with van der Waals surface area (Å²) in [4.78, 5) is 26.9. The van der Waals surface area contributed by atoms with E-state index in [2.05, 4.69) is 10.6 Å². The van der Waals surface area contributed by atoms with Gasteiger partial charge in [0.25, 0.3) is 5.91 Å². The first-order chi connectivity index (χ1) is 13.5. The fraction of sp³-hybridized carbons (Fsp3) is 0.364. The quantitative estimate of drug-likeness (QED) is 0.835. The molecule has 1 unspecified atom stereocenters. The standard InChI is InChI=1S/C22H27N3O3/c1-15(2)21(26)24-17-10-8-16(9-11-17)22(27)25-13-12-23-14-19(25)18-6-4-5-7-20(18)28-3/h4-11,15,19,23H,12-14H2,1-3H3,(H,24,26). The average molecular weight is 381 g/mol. The first-order valence-corrected chi connectivity index (χ1v) is 9.56. The third kappa shape index (κ3) is 4.34. The Bertz CT molecular complexity index is 833. The number of hydrogen-bond donors (Lipinski definition) is 2. The Morgan fingerprint density at radius 2 is 1.86 bits per heavy atom. The minimum Gasteiger partial charge on any atom is -0.496 e. The van der Waals surface area contributed by atoms with Crippen LogP contribution in [0.25, 0.3) is 0 Å². The molecule has 0 spiro atoms. The Hall–Kier alpha value is -2.86. The highest BCUT2D eigenvalue weighted by Crippen LogP contribution is 2.31. The first-order valence-electron chi connectivity index (χ1n) is 9.56. The summed E-state index contributed by atoms with van der Waals surface area (Å²) in [6.07, 6.45) is 0. The van der Waals surface area contributed by atoms with Crippen LogP contribution in [-0.4, -0.2) is 43.5 Å². The largest absolute Gasteiger partial charge is 0.496 e. The molecule has 6 heteroatoms. The molecule has 0 aliphatic carbocycles. The third-order valence-corrected chi connectivity index (χ3v) is 4.93. The number of nitrogens with one attached hydrogen (secondary N) is 2. The third-order valence-electron chi connectivity index (χ3n) is 4.93. The number of rotatable bonds is 5. The molecule has 0 saturated carbocycles. The number of piperazine rings is 1. The van der Waals surface area contributed by atoms with Crippen molar-refractivity contribution in [2.24, 2.45) is 5.92 Å². The summed E-state index contributed by atoms with van der Waals surface area (Å²) >= 11 is 0. The molecule has 1 atom stereocenters. The van der Waals surface area contributed by atoms with Gasteiger partial charge in [-0.2, -0.15) is 0 Å². The number of nitrogens with zero attached hydrogens (tertiary/aromatic N) is 1. The molecule has 1 heterocycles. The van der Waals surface area contributed by atoms with E-state index in [0.29, 0.717) is 24.3 Å². The van der Waals surface area contributed by atoms with Gasteiger partial charge in [-0.05, 0) is 30.3 Å². The van der Waals surface area contributed by atoms with Crippen LogP contribution in [0.15, 0.2) is 48.5 Å². The minimum atomic E-state index is -0.0993. The lowest BCUT2D eigenvalue weighted by Gasteiger charge is -2.37. The second-order valence-corrected chi connectivity index (χ2v) is 7.18. The molecule has 0 bridgehead atoms. The van der Waals surface area contributed by atoms with Crippen LogP contribution < -0.4 is 15.4 Å². The number of carbonyl (C=O) groups excluding carboxylic acids is 2. The molecule has 2 aromatic rings. The van der Waals surface area contributed by atoms with Crippen molar-refractivity contribution in [2.45, 2.75) is 19.9 Å². The van der Waals surface area contributed by atoms with Crippen LogP contribution >= 0.6 is 0 Å². The van der Waals surface area contributed by atoms with Crippen LogP contribution in [0.5, 0.6) is 5.75 Å². The molecular weight excluding hydrogens is 354 g/mol. The van der Waals surface area contributed by atoms with Crippen molar-refractivity contribution < 1.29 is 14.3 Å². The van der Waals surface area contributed by atoms with E-state index in [1.54, 1.807) is 31.4 Å². The van der Waals surface area contributed by atoms with E-state index in [4.69, 9.17) is 4.74 Å². The highest BCUT2D eigenvalue weighted by atomic mass is 16.5. The number of methoxy groups -OCH3 is 1. The lowest BCUT2D eigenvalue weighted by Crippen LogP contribution is -2.48. The summed E-state index contributed by atoms with van der Waals surface area (Å²) < 4.78 is 5.50. The van der Waals surface area contributed by atoms with Gasteiger partial charge in [0, 0.05) is 42.4 Å². The highest BCUT2D eigenvalue weighted by Gasteiger charge is 2.30. The maximum absolute atomic E-state index is 13.2. The Labute approximate surface area is 165 Å². The Morgan fingerprint density at radius 3 is 2.54 bits per heavy atom. The first kappa shape index (κ1) is 19.9. The molecule has 28 heavy (non-hydrogen) atoms. The summed E-state index contributed by atoms with van der Waals surface area (Å²) in [5.74, 6) is 0.612. The van der Waals surface area contributed by atoms with Gasteiger partial charge in [0.2, 0.25) is 5.91 Å². The lowest BCUT2D eigenvalue weighted by atomic mass is 10.0. The fourth-order valence-corrected chi connectivity index (χ4v) is 3.32. The number of hydrogen-bond acceptors (Lipinski definition) is 4. The number of ether oxygens (including phenoxy) is 1. The van der Waals surface area contributed by atoms with Crippen molar-refractivity contribution in [1.29, 1.82) is 0 Å². The van der Waals surface area contributed by atoms with Gasteiger partial charge in [0.05, 0.1) is 13.2 Å². The van der Waals surface area contributed by atoms with Crippen molar-refractivity contribution >= 4 is 17.5 Å². The van der Waals surface area contributed by atoms with Crippen molar-refractivity contribution in [1.82, 2.24) is 10.2 Å². The minimum absolute atomic E-state index is 0.0286. The molecular formula is C22H27N3O3. The summed E-state index contributed by atoms with van der Waals surface area (Å²) in [5.41, 5.74) is 2.28. The monoisotopic (exact) mass is 381 g/mol. The molecule has 1 saturated heterocycles. The maximum Gasteiger partial charge on any atom is 0.254 e. The maximum atomic E-state index is 13.2. The number of para-hydroxylation sites is 1. The molecule has 0 radical (unpaired) electrons. The SMILES string of the molecule is COc1ccccc1C1CNCCN1C(=O)c1ccc(NC(=O)C(C)C)cc1. The van der Waals surface area contributed by atoms with Crippen molar-refractivity contribution in [2.75, 3.05) is 32.1 Å². The summed E-state index contributed by atoms with van der Waals surface area (Å²) in [5, 5.41) is 6.21. The lowest BCUT2D eigenvalue weighted by molar-refractivity contribution is -0.118. The van der Waals surface area contributed by atoms with Gasteiger partial charge in [0.15, 0.2) is 0 Å². The van der Waals surface area contributed by atoms with Crippen LogP contribution in [0.2, 0.25) is 0 Å². The van der Waals surface area contributed by atoms with Crippen LogP contribution in [0.3, 0.4) is 0 Å². The van der Waals surface area contributed by atoms with E-state index in [1.807, 2.05) is 43.0 Å². The molecule has 148 valence electrons. The second-order valence-electron chi connectivity index (χ2n) is 7.18. The van der Waals surface area contributed by atoms with E-state index < -0.39 is 0 Å². The van der Waals surface area contributed by atoms with Gasteiger partial charge in [-0.3, -0.25) is 9.59 Å². The molecule has 1 aliphatic heterocycles. The van der Waals surface area contributed by atoms with E-state index in [1.165, 1.54) is 0 Å². The van der Waals surface area contributed by atoms with Crippen LogP contribution in [0.4, 0.5) is 5.69 Å². The van der Waals surface area contributed by atoms with E-state index in [-0.39, 0.29) is 23.8 Å². The van der Waals surface area contributed by atoms with Gasteiger partial charge in [0.1, 0.15) is 5.75 Å². The smallest absolute Gasteiger partial charge is 0.254 e. The van der Waals surface area contributed by atoms with Gasteiger partial charge >= 0.3 is 0 Å². The molecule has 1 aliphatic rings. The van der Waals surface area contributed by atoms with Crippen molar-refractivity contribution in [3.63, 3.8) is 0 Å². The fourth-order valence-electron chi connectivity index (χ4n) is 3.32. The molecule has 3 rings (SSSR count). The number of benzene rings is 2. The Kier molecular flexibility index (Phi) is 6.31. The Balaban J connectivity index is 1.80. The highest BCUT2D eigenvalue weighted by molar-refractivity contribution is 5.96. The van der Waals surface area contributed by atoms with Gasteiger partial charge in [-0.25, -0.2) is 0 Å². The van der Waals surface area contributed by atoms with Crippen LogP contribution in [0.1, 0.15) is 35.8 Å². The van der Waals surface area contributed by atoms with Crippen LogP contribution in [0, 0.1) is 5.92 Å². The second kappa shape index (κ2) is 8.89. The van der Waals surface area contributed by atoms with Gasteiger partial charge < -0.3 is 20.3 Å². The molecule has 6 nitrogen and oxygen atoms in total. The molecule has 2 aromatic carbocycles. The number of carbonyl (C=O) groups is 2. The summed E-state index contributed by atoms with van der Waals surface area (Å²) in [6.45, 7) is 5.73. The normalized spacial score (nSPS) is 16.7. The molecule has 2 N–H and O–H groups in total. The zero-order valence-electron chi connectivity index (χ0n) is 16.6. The van der Waals surface area contributed by atoms with Crippen molar-refractivity contribution in [3.05, 3.63) is 59.7 Å². The van der Waals surface area contributed by atoms with E-state index in [0.717, 1.165) is 17.9 Å². The molecule has 1 fully saturated rings. The van der Waals surface area contributed by atoms with E-state index >= 15 is 0 Å². The number of anilines is 1. The average Bonchev–Trinajstić information content (AvgIpc) is 2.73. The zero-order valence-corrected chi connectivity index (χ0v) is 16.6. The summed E-state index contributed by atoms with van der Waals surface area (Å²) in [6, 6.07) is 14.8. The predicted molar refractivity (Wildman–Crippen MR) is 110 cm³/mol. The summed E-state index contributed by atoms with van der Waals surface area (Å²) in [7, 11) is 1.64. The van der Waals surface area contributed by atoms with Gasteiger partial charge in [-0.1, -0.05) is 32.0 Å². The Morgan fingerprint density at radius 1 is 1.14 bits per heavy atom. The molecule has 2 amide bonds. The topological polar surface area (TPSA) is 70.7 Å². The zero-order chi connectivity index (χ0) is 20.1. The number of amides is 2. The van der Waals surface area contributed by atoms with E-state index in [9.17, 15) is 9.59 Å². The van der Waals surface area contributed by atoms with Gasteiger partial charge in [-0.15, -0.1) is 0 Å². The molecule has 0 aromatic heterocycles. The predicted octanol–water partition coefficient (Wildman–Crippen LogP) is 3.08. The van der Waals surface area contributed by atoms with Crippen LogP contribution in [-0.2, 0) is 4.79 Å².